The smallest absolute Gasteiger partial charge is 0.318 e. The predicted molar refractivity (Wildman–Crippen MR) is 107 cm³/mol. The number of nitrogens with zero attached hydrogens (tertiary/aromatic N) is 2. The van der Waals surface area contributed by atoms with Gasteiger partial charge in [0.25, 0.3) is 0 Å². The largest absolute Gasteiger partial charge is 0.485 e. The molecule has 1 N–H and O–H groups in total. The molecule has 1 heterocycles. The molecule has 26 heavy (non-hydrogen) atoms. The van der Waals surface area contributed by atoms with Gasteiger partial charge in [-0.05, 0) is 39.8 Å². The Labute approximate surface area is 168 Å². The first kappa shape index (κ1) is 20.8. The Morgan fingerprint density at radius 1 is 1.31 bits per heavy atom. The highest BCUT2D eigenvalue weighted by Gasteiger charge is 2.19. The summed E-state index contributed by atoms with van der Waals surface area (Å²) in [5, 5.41) is 6.74. The molecule has 5 nitrogen and oxygen atoms in total. The lowest BCUT2D eigenvalue weighted by molar-refractivity contribution is 0.176. The molecule has 1 aromatic carbocycles. The van der Waals surface area contributed by atoms with E-state index in [9.17, 15) is 4.79 Å². The molecule has 0 unspecified atom stereocenters. The van der Waals surface area contributed by atoms with Gasteiger partial charge in [0.1, 0.15) is 17.4 Å². The van der Waals surface area contributed by atoms with Gasteiger partial charge in [-0.2, -0.15) is 0 Å². The Hall–Kier alpha value is -1.50. The molecule has 0 radical (unpaired) electrons. The van der Waals surface area contributed by atoms with Gasteiger partial charge < -0.3 is 15.0 Å². The highest BCUT2D eigenvalue weighted by molar-refractivity contribution is 7.09. The molecular weight excluding hydrogens is 393 g/mol. The number of halogens is 2. The van der Waals surface area contributed by atoms with E-state index in [0.29, 0.717) is 28.9 Å². The van der Waals surface area contributed by atoms with Crippen molar-refractivity contribution in [3.05, 3.63) is 44.3 Å². The zero-order valence-electron chi connectivity index (χ0n) is 15.3. The molecule has 0 atom stereocenters. The second kappa shape index (κ2) is 9.44. The lowest BCUT2D eigenvalue weighted by Gasteiger charge is -2.27. The van der Waals surface area contributed by atoms with Gasteiger partial charge in [0, 0.05) is 28.6 Å². The van der Waals surface area contributed by atoms with Crippen LogP contribution in [0.3, 0.4) is 0 Å². The first-order valence-corrected chi connectivity index (χ1v) is 9.98. The van der Waals surface area contributed by atoms with Crippen LogP contribution in [-0.4, -0.2) is 28.0 Å². The Balaban J connectivity index is 1.99. The minimum Gasteiger partial charge on any atom is -0.485 e. The van der Waals surface area contributed by atoms with Crippen molar-refractivity contribution in [2.24, 2.45) is 0 Å². The molecule has 8 heteroatoms. The zero-order chi connectivity index (χ0) is 19.3. The van der Waals surface area contributed by atoms with Gasteiger partial charge in [0.05, 0.1) is 17.3 Å². The summed E-state index contributed by atoms with van der Waals surface area (Å²) in [6.45, 7) is 8.59. The number of hydrogen-bond acceptors (Lipinski definition) is 4. The molecule has 0 aliphatic heterocycles. The van der Waals surface area contributed by atoms with Crippen molar-refractivity contribution in [3.63, 3.8) is 0 Å². The van der Waals surface area contributed by atoms with Gasteiger partial charge in [-0.3, -0.25) is 0 Å². The molecule has 2 amide bonds. The standard InChI is InChI=1S/C18H23Cl2N3O2S/c1-11(2)21-18(24)23(12(3)4)8-14-10-26-17(22-14)9-25-16-7-13(19)5-6-15(16)20/h5-7,10-12H,8-9H2,1-4H3,(H,21,24). The number of carbonyl (C=O) groups is 1. The molecule has 0 aliphatic rings. The number of rotatable bonds is 7. The van der Waals surface area contributed by atoms with Gasteiger partial charge in [-0.25, -0.2) is 9.78 Å². The summed E-state index contributed by atoms with van der Waals surface area (Å²) in [6.07, 6.45) is 0. The van der Waals surface area contributed by atoms with Crippen LogP contribution in [0.25, 0.3) is 0 Å². The van der Waals surface area contributed by atoms with Crippen LogP contribution in [0, 0.1) is 0 Å². The van der Waals surface area contributed by atoms with Crippen LogP contribution in [0.5, 0.6) is 5.75 Å². The number of thiazole rings is 1. The molecule has 2 rings (SSSR count). The van der Waals surface area contributed by atoms with Crippen LogP contribution in [0.2, 0.25) is 10.0 Å². The van der Waals surface area contributed by atoms with Crippen molar-refractivity contribution in [2.45, 2.75) is 52.9 Å². The number of aromatic nitrogens is 1. The molecule has 0 saturated carbocycles. The Kier molecular flexibility index (Phi) is 7.55. The van der Waals surface area contributed by atoms with Crippen LogP contribution >= 0.6 is 34.5 Å². The van der Waals surface area contributed by atoms with E-state index in [1.165, 1.54) is 11.3 Å². The molecule has 0 bridgehead atoms. The number of amides is 2. The number of hydrogen-bond donors (Lipinski definition) is 1. The van der Waals surface area contributed by atoms with Crippen LogP contribution < -0.4 is 10.1 Å². The van der Waals surface area contributed by atoms with Crippen LogP contribution in [-0.2, 0) is 13.2 Å². The van der Waals surface area contributed by atoms with Crippen molar-refractivity contribution >= 4 is 40.6 Å². The van der Waals surface area contributed by atoms with Crippen molar-refractivity contribution in [1.29, 1.82) is 0 Å². The van der Waals surface area contributed by atoms with E-state index in [4.69, 9.17) is 27.9 Å². The normalized spacial score (nSPS) is 11.1. The van der Waals surface area contributed by atoms with Crippen molar-refractivity contribution in [3.8, 4) is 5.75 Å². The molecular formula is C18H23Cl2N3O2S. The number of benzene rings is 1. The van der Waals surface area contributed by atoms with Crippen LogP contribution in [0.4, 0.5) is 4.79 Å². The number of ether oxygens (including phenoxy) is 1. The zero-order valence-corrected chi connectivity index (χ0v) is 17.6. The fourth-order valence-electron chi connectivity index (χ4n) is 2.21. The molecule has 142 valence electrons. The monoisotopic (exact) mass is 415 g/mol. The lowest BCUT2D eigenvalue weighted by Crippen LogP contribution is -2.45. The maximum Gasteiger partial charge on any atom is 0.318 e. The fourth-order valence-corrected chi connectivity index (χ4v) is 3.24. The molecule has 0 spiro atoms. The fraction of sp³-hybridized carbons (Fsp3) is 0.444. The Morgan fingerprint density at radius 3 is 2.69 bits per heavy atom. The van der Waals surface area contributed by atoms with E-state index in [0.717, 1.165) is 10.7 Å². The minimum absolute atomic E-state index is 0.0698. The third kappa shape index (κ3) is 6.04. The first-order chi connectivity index (χ1) is 12.3. The summed E-state index contributed by atoms with van der Waals surface area (Å²) in [4.78, 5) is 18.6. The number of carbonyl (C=O) groups excluding carboxylic acids is 1. The third-order valence-corrected chi connectivity index (χ3v) is 4.89. The van der Waals surface area contributed by atoms with Crippen molar-refractivity contribution in [2.75, 3.05) is 0 Å². The summed E-state index contributed by atoms with van der Waals surface area (Å²) in [5.41, 5.74) is 0.832. The molecule has 0 fully saturated rings. The van der Waals surface area contributed by atoms with Crippen molar-refractivity contribution < 1.29 is 9.53 Å². The van der Waals surface area contributed by atoms with E-state index in [1.54, 1.807) is 23.1 Å². The summed E-state index contributed by atoms with van der Waals surface area (Å²) in [5.74, 6) is 0.524. The first-order valence-electron chi connectivity index (χ1n) is 8.34. The number of urea groups is 1. The molecule has 0 aliphatic carbocycles. The molecule has 0 saturated heterocycles. The van der Waals surface area contributed by atoms with E-state index in [1.807, 2.05) is 33.1 Å². The average Bonchev–Trinajstić information content (AvgIpc) is 3.00. The van der Waals surface area contributed by atoms with E-state index in [-0.39, 0.29) is 18.1 Å². The quantitative estimate of drug-likeness (QED) is 0.661. The Bertz CT molecular complexity index is 750. The maximum atomic E-state index is 12.3. The minimum atomic E-state index is -0.0912. The molecule has 1 aromatic heterocycles. The van der Waals surface area contributed by atoms with Gasteiger partial charge >= 0.3 is 6.03 Å². The van der Waals surface area contributed by atoms with Gasteiger partial charge in [-0.15, -0.1) is 11.3 Å². The third-order valence-electron chi connectivity index (χ3n) is 3.47. The second-order valence-corrected chi connectivity index (χ2v) is 8.21. The summed E-state index contributed by atoms with van der Waals surface area (Å²) < 4.78 is 5.71. The topological polar surface area (TPSA) is 54.5 Å². The van der Waals surface area contributed by atoms with Crippen LogP contribution in [0.1, 0.15) is 38.4 Å². The highest BCUT2D eigenvalue weighted by Crippen LogP contribution is 2.28. The summed E-state index contributed by atoms with van der Waals surface area (Å²) in [7, 11) is 0. The average molecular weight is 416 g/mol. The van der Waals surface area contributed by atoms with E-state index in [2.05, 4.69) is 10.3 Å². The van der Waals surface area contributed by atoms with E-state index >= 15 is 0 Å². The van der Waals surface area contributed by atoms with Gasteiger partial charge in [0.15, 0.2) is 0 Å². The lowest BCUT2D eigenvalue weighted by atomic mass is 10.3. The predicted octanol–water partition coefficient (Wildman–Crippen LogP) is 5.36. The maximum absolute atomic E-state index is 12.3. The van der Waals surface area contributed by atoms with E-state index < -0.39 is 0 Å². The van der Waals surface area contributed by atoms with Crippen molar-refractivity contribution in [1.82, 2.24) is 15.2 Å². The summed E-state index contributed by atoms with van der Waals surface area (Å²) in [6, 6.07) is 5.15. The molecule has 2 aromatic rings. The highest BCUT2D eigenvalue weighted by atomic mass is 35.5. The Morgan fingerprint density at radius 2 is 2.04 bits per heavy atom. The second-order valence-electron chi connectivity index (χ2n) is 6.42. The summed E-state index contributed by atoms with van der Waals surface area (Å²) >= 11 is 13.5. The number of nitrogens with one attached hydrogen (secondary N) is 1. The van der Waals surface area contributed by atoms with Gasteiger partial charge in [0.2, 0.25) is 0 Å². The van der Waals surface area contributed by atoms with Crippen LogP contribution in [0.15, 0.2) is 23.6 Å². The van der Waals surface area contributed by atoms with Gasteiger partial charge in [-0.1, -0.05) is 23.2 Å². The SMILES string of the molecule is CC(C)NC(=O)N(Cc1csc(COc2cc(Cl)ccc2Cl)n1)C(C)C.